The fourth-order valence-corrected chi connectivity index (χ4v) is 1.90. The van der Waals surface area contributed by atoms with E-state index in [0.29, 0.717) is 5.02 Å². The van der Waals surface area contributed by atoms with Crippen molar-refractivity contribution in [2.45, 2.75) is 20.0 Å². The van der Waals surface area contributed by atoms with Crippen molar-refractivity contribution in [3.63, 3.8) is 0 Å². The number of aliphatic hydroxyl groups excluding tert-OH is 1. The van der Waals surface area contributed by atoms with Crippen LogP contribution in [0.1, 0.15) is 24.2 Å². The van der Waals surface area contributed by atoms with Gasteiger partial charge in [-0.05, 0) is 55.3 Å². The van der Waals surface area contributed by atoms with Gasteiger partial charge in [-0.25, -0.2) is 0 Å². The molecule has 18 heavy (non-hydrogen) atoms. The smallest absolute Gasteiger partial charge is 0.130 e. The Bertz CT molecular complexity index is 533. The van der Waals surface area contributed by atoms with Crippen molar-refractivity contribution in [2.75, 3.05) is 0 Å². The highest BCUT2D eigenvalue weighted by molar-refractivity contribution is 6.30. The summed E-state index contributed by atoms with van der Waals surface area (Å²) in [6.45, 7) is 3.69. The highest BCUT2D eigenvalue weighted by Gasteiger charge is 2.04. The van der Waals surface area contributed by atoms with Gasteiger partial charge in [0.15, 0.2) is 0 Å². The fourth-order valence-electron chi connectivity index (χ4n) is 1.67. The summed E-state index contributed by atoms with van der Waals surface area (Å²) in [5.74, 6) is 1.52. The first-order valence-electron chi connectivity index (χ1n) is 5.78. The van der Waals surface area contributed by atoms with E-state index in [4.69, 9.17) is 16.3 Å². The lowest BCUT2D eigenvalue weighted by molar-refractivity contribution is 0.199. The molecule has 2 rings (SSSR count). The van der Waals surface area contributed by atoms with Crippen LogP contribution < -0.4 is 4.74 Å². The minimum Gasteiger partial charge on any atom is -0.457 e. The quantitative estimate of drug-likeness (QED) is 0.883. The van der Waals surface area contributed by atoms with Gasteiger partial charge in [0.05, 0.1) is 6.10 Å². The van der Waals surface area contributed by atoms with Crippen molar-refractivity contribution in [2.24, 2.45) is 0 Å². The third-order valence-electron chi connectivity index (χ3n) is 2.73. The lowest BCUT2D eigenvalue weighted by Crippen LogP contribution is -1.91. The van der Waals surface area contributed by atoms with Gasteiger partial charge in [0.25, 0.3) is 0 Å². The SMILES string of the molecule is Cc1cc(Cl)ccc1Oc1ccc(C(C)O)cc1. The average Bonchev–Trinajstić information content (AvgIpc) is 2.33. The van der Waals surface area contributed by atoms with Crippen molar-refractivity contribution < 1.29 is 9.84 Å². The molecule has 0 saturated heterocycles. The third-order valence-corrected chi connectivity index (χ3v) is 2.96. The number of rotatable bonds is 3. The molecule has 0 aliphatic heterocycles. The van der Waals surface area contributed by atoms with E-state index in [-0.39, 0.29) is 0 Å². The summed E-state index contributed by atoms with van der Waals surface area (Å²) in [5, 5.41) is 10.1. The summed E-state index contributed by atoms with van der Waals surface area (Å²) >= 11 is 5.89. The van der Waals surface area contributed by atoms with E-state index < -0.39 is 6.10 Å². The normalized spacial score (nSPS) is 12.2. The second-order valence-corrected chi connectivity index (χ2v) is 4.69. The predicted octanol–water partition coefficient (Wildman–Crippen LogP) is 4.49. The van der Waals surface area contributed by atoms with Gasteiger partial charge in [-0.2, -0.15) is 0 Å². The molecule has 3 heteroatoms. The van der Waals surface area contributed by atoms with Gasteiger partial charge in [-0.1, -0.05) is 23.7 Å². The van der Waals surface area contributed by atoms with Crippen LogP contribution in [0.4, 0.5) is 0 Å². The summed E-state index contributed by atoms with van der Waals surface area (Å²) in [7, 11) is 0. The Labute approximate surface area is 112 Å². The largest absolute Gasteiger partial charge is 0.457 e. The Balaban J connectivity index is 2.18. The van der Waals surface area contributed by atoms with E-state index >= 15 is 0 Å². The Morgan fingerprint density at radius 2 is 1.78 bits per heavy atom. The summed E-state index contributed by atoms with van der Waals surface area (Å²) in [6, 6.07) is 12.9. The third kappa shape index (κ3) is 3.03. The molecule has 0 bridgehead atoms. The standard InChI is InChI=1S/C15H15ClO2/c1-10-9-13(16)5-8-15(10)18-14-6-3-12(4-7-14)11(2)17/h3-9,11,17H,1-2H3. The van der Waals surface area contributed by atoms with E-state index in [9.17, 15) is 5.11 Å². The van der Waals surface area contributed by atoms with Crippen LogP contribution in [0, 0.1) is 6.92 Å². The van der Waals surface area contributed by atoms with Gasteiger partial charge in [0, 0.05) is 5.02 Å². The number of ether oxygens (including phenoxy) is 1. The Morgan fingerprint density at radius 3 is 2.33 bits per heavy atom. The average molecular weight is 263 g/mol. The topological polar surface area (TPSA) is 29.5 Å². The maximum atomic E-state index is 9.42. The number of halogens is 1. The first kappa shape index (κ1) is 12.9. The second kappa shape index (κ2) is 5.42. The maximum Gasteiger partial charge on any atom is 0.130 e. The molecule has 0 aliphatic carbocycles. The summed E-state index contributed by atoms with van der Waals surface area (Å²) < 4.78 is 5.76. The van der Waals surface area contributed by atoms with Gasteiger partial charge in [0.1, 0.15) is 11.5 Å². The van der Waals surface area contributed by atoms with E-state index in [0.717, 1.165) is 22.6 Å². The molecular weight excluding hydrogens is 248 g/mol. The lowest BCUT2D eigenvalue weighted by Gasteiger charge is -2.10. The number of aliphatic hydroxyl groups is 1. The van der Waals surface area contributed by atoms with E-state index in [2.05, 4.69) is 0 Å². The zero-order chi connectivity index (χ0) is 13.1. The predicted molar refractivity (Wildman–Crippen MR) is 73.3 cm³/mol. The number of benzene rings is 2. The van der Waals surface area contributed by atoms with Crippen LogP contribution >= 0.6 is 11.6 Å². The molecule has 0 aliphatic rings. The molecule has 0 amide bonds. The van der Waals surface area contributed by atoms with Crippen LogP contribution in [0.2, 0.25) is 5.02 Å². The van der Waals surface area contributed by atoms with Gasteiger partial charge in [-0.3, -0.25) is 0 Å². The van der Waals surface area contributed by atoms with Gasteiger partial charge in [0.2, 0.25) is 0 Å². The molecule has 0 radical (unpaired) electrons. The molecular formula is C15H15ClO2. The maximum absolute atomic E-state index is 9.42. The Kier molecular flexibility index (Phi) is 3.90. The second-order valence-electron chi connectivity index (χ2n) is 4.26. The van der Waals surface area contributed by atoms with Crippen LogP contribution in [0.25, 0.3) is 0 Å². The number of hydrogen-bond acceptors (Lipinski definition) is 2. The molecule has 2 aromatic rings. The molecule has 1 N–H and O–H groups in total. The number of hydrogen-bond donors (Lipinski definition) is 1. The summed E-state index contributed by atoms with van der Waals surface area (Å²) in [5.41, 5.74) is 1.86. The summed E-state index contributed by atoms with van der Waals surface area (Å²) in [6.07, 6.45) is -0.462. The molecule has 2 aromatic carbocycles. The fraction of sp³-hybridized carbons (Fsp3) is 0.200. The van der Waals surface area contributed by atoms with Crippen molar-refractivity contribution in [3.8, 4) is 11.5 Å². The van der Waals surface area contributed by atoms with Crippen LogP contribution in [0.5, 0.6) is 11.5 Å². The highest BCUT2D eigenvalue weighted by atomic mass is 35.5. The first-order valence-corrected chi connectivity index (χ1v) is 6.16. The summed E-state index contributed by atoms with van der Waals surface area (Å²) in [4.78, 5) is 0. The van der Waals surface area contributed by atoms with Crippen LogP contribution in [-0.4, -0.2) is 5.11 Å². The first-order chi connectivity index (χ1) is 8.56. The molecule has 0 heterocycles. The molecule has 0 spiro atoms. The van der Waals surface area contributed by atoms with Crippen molar-refractivity contribution in [1.82, 2.24) is 0 Å². The lowest BCUT2D eigenvalue weighted by atomic mass is 10.1. The molecule has 1 unspecified atom stereocenters. The van der Waals surface area contributed by atoms with Gasteiger partial charge < -0.3 is 9.84 Å². The van der Waals surface area contributed by atoms with E-state index in [1.165, 1.54) is 0 Å². The van der Waals surface area contributed by atoms with Crippen LogP contribution in [0.3, 0.4) is 0 Å². The van der Waals surface area contributed by atoms with Crippen molar-refractivity contribution in [1.29, 1.82) is 0 Å². The van der Waals surface area contributed by atoms with Gasteiger partial charge in [-0.15, -0.1) is 0 Å². The van der Waals surface area contributed by atoms with E-state index in [1.807, 2.05) is 43.3 Å². The monoisotopic (exact) mass is 262 g/mol. The molecule has 0 aromatic heterocycles. The van der Waals surface area contributed by atoms with Gasteiger partial charge >= 0.3 is 0 Å². The number of aryl methyl sites for hydroxylation is 1. The van der Waals surface area contributed by atoms with Crippen LogP contribution in [0.15, 0.2) is 42.5 Å². The zero-order valence-electron chi connectivity index (χ0n) is 10.4. The molecule has 0 fully saturated rings. The molecule has 0 saturated carbocycles. The minimum atomic E-state index is -0.462. The molecule has 94 valence electrons. The molecule has 1 atom stereocenters. The van der Waals surface area contributed by atoms with Crippen molar-refractivity contribution in [3.05, 3.63) is 58.6 Å². The Hall–Kier alpha value is -1.51. The highest BCUT2D eigenvalue weighted by Crippen LogP contribution is 2.28. The van der Waals surface area contributed by atoms with E-state index in [1.54, 1.807) is 13.0 Å². The van der Waals surface area contributed by atoms with Crippen LogP contribution in [-0.2, 0) is 0 Å². The zero-order valence-corrected chi connectivity index (χ0v) is 11.1. The Morgan fingerprint density at radius 1 is 1.11 bits per heavy atom. The molecule has 2 nitrogen and oxygen atoms in total. The van der Waals surface area contributed by atoms with Crippen molar-refractivity contribution >= 4 is 11.6 Å². The minimum absolute atomic E-state index is 0.462.